The van der Waals surface area contributed by atoms with Crippen LogP contribution in [0.2, 0.25) is 0 Å². The number of ether oxygens (including phenoxy) is 3. The summed E-state index contributed by atoms with van der Waals surface area (Å²) in [6.07, 6.45) is -3.11. The van der Waals surface area contributed by atoms with Crippen molar-refractivity contribution < 1.29 is 37.3 Å². The van der Waals surface area contributed by atoms with Gasteiger partial charge in [-0.05, 0) is 49.2 Å². The number of aliphatic hydroxyl groups is 1. The normalized spacial score (nSPS) is 14.1. The number of aromatic nitrogens is 2. The van der Waals surface area contributed by atoms with Crippen molar-refractivity contribution in [2.75, 3.05) is 32.2 Å². The summed E-state index contributed by atoms with van der Waals surface area (Å²) in [4.78, 5) is 15.4. The third-order valence-corrected chi connectivity index (χ3v) is 6.70. The Bertz CT molecular complexity index is 1500. The summed E-state index contributed by atoms with van der Waals surface area (Å²) < 4.78 is 56.9. The number of alkyl halides is 3. The Balaban J connectivity index is 0.00000189. The van der Waals surface area contributed by atoms with E-state index >= 15 is 0 Å². The van der Waals surface area contributed by atoms with Crippen molar-refractivity contribution in [3.8, 4) is 23.2 Å². The van der Waals surface area contributed by atoms with Crippen LogP contribution in [0.5, 0.6) is 17.5 Å². The van der Waals surface area contributed by atoms with Crippen LogP contribution in [0.4, 0.5) is 18.9 Å². The molecule has 0 amide bonds. The Kier molecular flexibility index (Phi) is 9.38. The van der Waals surface area contributed by atoms with Gasteiger partial charge in [0.15, 0.2) is 6.61 Å². The van der Waals surface area contributed by atoms with E-state index in [2.05, 4.69) is 10.3 Å². The molecular weight excluding hydrogens is 539 g/mol. The Labute approximate surface area is 235 Å². The second-order valence-corrected chi connectivity index (χ2v) is 9.27. The SMILES string of the molecule is CCOc1nc2c(OCC(F)(F)F)cccc2n1-c1cccc(CNc2ccc3c(c2)OCC3CC=O)c1C.CO. The number of para-hydroxylation sites is 1. The topological polar surface area (TPSA) is 94.8 Å². The van der Waals surface area contributed by atoms with Gasteiger partial charge in [0.05, 0.1) is 24.4 Å². The summed E-state index contributed by atoms with van der Waals surface area (Å²) in [5, 5.41) is 10.4. The lowest BCUT2D eigenvalue weighted by Gasteiger charge is -2.16. The number of hydrogen-bond acceptors (Lipinski definition) is 7. The van der Waals surface area contributed by atoms with Crippen LogP contribution in [-0.4, -0.2) is 54.1 Å². The third kappa shape index (κ3) is 6.57. The molecule has 1 aliphatic rings. The second-order valence-electron chi connectivity index (χ2n) is 9.27. The van der Waals surface area contributed by atoms with Gasteiger partial charge in [0.25, 0.3) is 0 Å². The van der Waals surface area contributed by atoms with E-state index in [0.29, 0.717) is 37.2 Å². The van der Waals surface area contributed by atoms with Crippen LogP contribution >= 0.6 is 0 Å². The van der Waals surface area contributed by atoms with Crippen LogP contribution in [0.25, 0.3) is 16.7 Å². The first-order valence-corrected chi connectivity index (χ1v) is 13.1. The summed E-state index contributed by atoms with van der Waals surface area (Å²) in [5.41, 5.74) is 5.56. The van der Waals surface area contributed by atoms with Crippen molar-refractivity contribution in [2.45, 2.75) is 38.9 Å². The van der Waals surface area contributed by atoms with Gasteiger partial charge in [-0.2, -0.15) is 18.2 Å². The number of aldehydes is 1. The van der Waals surface area contributed by atoms with Crippen molar-refractivity contribution in [1.29, 1.82) is 0 Å². The molecule has 11 heteroatoms. The lowest BCUT2D eigenvalue weighted by molar-refractivity contribution is -0.153. The van der Waals surface area contributed by atoms with Gasteiger partial charge in [-0.15, -0.1) is 0 Å². The summed E-state index contributed by atoms with van der Waals surface area (Å²) >= 11 is 0. The second kappa shape index (κ2) is 12.9. The molecule has 2 heterocycles. The average Bonchev–Trinajstić information content (AvgIpc) is 3.53. The van der Waals surface area contributed by atoms with Crippen molar-refractivity contribution >= 4 is 23.0 Å². The van der Waals surface area contributed by atoms with Crippen molar-refractivity contribution in [2.24, 2.45) is 0 Å². The number of nitrogens with one attached hydrogen (secondary N) is 1. The predicted molar refractivity (Wildman–Crippen MR) is 149 cm³/mol. The molecule has 1 aromatic heterocycles. The highest BCUT2D eigenvalue weighted by molar-refractivity contribution is 5.85. The zero-order chi connectivity index (χ0) is 29.6. The van der Waals surface area contributed by atoms with Gasteiger partial charge in [0.2, 0.25) is 0 Å². The number of fused-ring (bicyclic) bond motifs is 2. The monoisotopic (exact) mass is 571 g/mol. The molecule has 0 saturated carbocycles. The number of nitrogens with zero attached hydrogens (tertiary/aromatic N) is 2. The molecule has 0 bridgehead atoms. The minimum Gasteiger partial charge on any atom is -0.493 e. The van der Waals surface area contributed by atoms with E-state index in [1.807, 2.05) is 50.2 Å². The molecule has 3 aromatic carbocycles. The Morgan fingerprint density at radius 2 is 1.93 bits per heavy atom. The average molecular weight is 572 g/mol. The Morgan fingerprint density at radius 3 is 2.66 bits per heavy atom. The molecule has 218 valence electrons. The highest BCUT2D eigenvalue weighted by Crippen LogP contribution is 2.38. The van der Waals surface area contributed by atoms with Crippen LogP contribution in [0.3, 0.4) is 0 Å². The van der Waals surface area contributed by atoms with Crippen LogP contribution < -0.4 is 19.5 Å². The van der Waals surface area contributed by atoms with E-state index in [4.69, 9.17) is 19.3 Å². The highest BCUT2D eigenvalue weighted by atomic mass is 19.4. The molecule has 1 atom stereocenters. The molecule has 4 aromatic rings. The maximum absolute atomic E-state index is 12.8. The fourth-order valence-corrected chi connectivity index (χ4v) is 4.79. The van der Waals surface area contributed by atoms with E-state index in [-0.39, 0.29) is 17.7 Å². The quantitative estimate of drug-likeness (QED) is 0.227. The van der Waals surface area contributed by atoms with E-state index in [0.717, 1.165) is 47.2 Å². The van der Waals surface area contributed by atoms with E-state index in [9.17, 15) is 18.0 Å². The van der Waals surface area contributed by atoms with Crippen LogP contribution in [-0.2, 0) is 11.3 Å². The summed E-state index contributed by atoms with van der Waals surface area (Å²) in [6, 6.07) is 16.9. The van der Waals surface area contributed by atoms with Gasteiger partial charge in [-0.1, -0.05) is 24.3 Å². The number of carbonyl (C=O) groups is 1. The molecule has 0 saturated heterocycles. The number of aliphatic hydroxyl groups excluding tert-OH is 1. The largest absolute Gasteiger partial charge is 0.493 e. The van der Waals surface area contributed by atoms with Crippen LogP contribution in [0.1, 0.15) is 36.0 Å². The minimum absolute atomic E-state index is 0.0363. The molecule has 41 heavy (non-hydrogen) atoms. The van der Waals surface area contributed by atoms with Crippen LogP contribution in [0, 0.1) is 6.92 Å². The number of imidazole rings is 1. The Hall–Kier alpha value is -4.25. The first-order chi connectivity index (χ1) is 19.8. The van der Waals surface area contributed by atoms with Gasteiger partial charge < -0.3 is 29.4 Å². The van der Waals surface area contributed by atoms with Crippen molar-refractivity contribution in [3.05, 3.63) is 71.3 Å². The highest BCUT2D eigenvalue weighted by Gasteiger charge is 2.29. The molecule has 0 radical (unpaired) electrons. The molecule has 1 unspecified atom stereocenters. The smallest absolute Gasteiger partial charge is 0.422 e. The van der Waals surface area contributed by atoms with Gasteiger partial charge >= 0.3 is 12.2 Å². The number of anilines is 1. The lowest BCUT2D eigenvalue weighted by Crippen LogP contribution is -2.19. The molecule has 2 N–H and O–H groups in total. The molecule has 5 rings (SSSR count). The van der Waals surface area contributed by atoms with Gasteiger partial charge in [0, 0.05) is 43.3 Å². The molecule has 8 nitrogen and oxygen atoms in total. The van der Waals surface area contributed by atoms with Gasteiger partial charge in [-0.25, -0.2) is 0 Å². The maximum atomic E-state index is 12.8. The number of halogens is 3. The van der Waals surface area contributed by atoms with Crippen molar-refractivity contribution in [3.63, 3.8) is 0 Å². The molecule has 1 aliphatic heterocycles. The van der Waals surface area contributed by atoms with E-state index in [1.165, 1.54) is 6.07 Å². The first kappa shape index (κ1) is 29.7. The zero-order valence-electron chi connectivity index (χ0n) is 23.0. The van der Waals surface area contributed by atoms with E-state index in [1.54, 1.807) is 16.7 Å². The van der Waals surface area contributed by atoms with Gasteiger partial charge in [-0.3, -0.25) is 4.57 Å². The van der Waals surface area contributed by atoms with Crippen LogP contribution in [0.15, 0.2) is 54.6 Å². The number of rotatable bonds is 10. The molecule has 0 aliphatic carbocycles. The van der Waals surface area contributed by atoms with E-state index < -0.39 is 12.8 Å². The lowest BCUT2D eigenvalue weighted by atomic mass is 9.98. The molecule has 0 fully saturated rings. The fourth-order valence-electron chi connectivity index (χ4n) is 4.79. The van der Waals surface area contributed by atoms with Crippen molar-refractivity contribution in [1.82, 2.24) is 9.55 Å². The third-order valence-electron chi connectivity index (χ3n) is 6.70. The predicted octanol–water partition coefficient (Wildman–Crippen LogP) is 5.96. The standard InChI is InChI=1S/C29H28F3N3O4.CH4O/c1-3-37-28-34-27-24(8-5-9-25(27)39-17-29(30,31)32)35(28)23-7-4-6-19(18(23)2)15-33-21-10-11-22-20(12-13-36)16-38-26(22)14-21;1-2/h4-11,13-14,20,33H,3,12,15-17H2,1-2H3;2H,1H3. The Morgan fingerprint density at radius 1 is 1.15 bits per heavy atom. The molecule has 0 spiro atoms. The summed E-state index contributed by atoms with van der Waals surface area (Å²) in [5.74, 6) is 0.913. The number of benzene rings is 3. The number of carbonyl (C=O) groups excluding carboxylic acids is 1. The van der Waals surface area contributed by atoms with Gasteiger partial charge in [0.1, 0.15) is 23.3 Å². The number of hydrogen-bond donors (Lipinski definition) is 2. The summed E-state index contributed by atoms with van der Waals surface area (Å²) in [7, 11) is 1.00. The minimum atomic E-state index is -4.46. The zero-order valence-corrected chi connectivity index (χ0v) is 23.0. The fraction of sp³-hybridized carbons (Fsp3) is 0.333. The molecular formula is C30H32F3N3O5. The summed E-state index contributed by atoms with van der Waals surface area (Å²) in [6.45, 7) is 3.74. The maximum Gasteiger partial charge on any atom is 0.422 e. The first-order valence-electron chi connectivity index (χ1n) is 13.1.